The van der Waals surface area contributed by atoms with Crippen molar-refractivity contribution in [2.24, 2.45) is 5.41 Å². The first-order valence-electron chi connectivity index (χ1n) is 10.0. The molecule has 0 bridgehead atoms. The molecule has 0 unspecified atom stereocenters. The standard InChI is InChI=1S/C24H28FN3O2/c1-15(2)28(6)22-21(16-7-10-18(25)11-8-16)26-19-12-9-17(13-20(19)27-22)23(29)30-14-24(3,4)5/h7-13,15H,14H2,1-6H3. The van der Waals surface area contributed by atoms with Gasteiger partial charge in [0.1, 0.15) is 11.5 Å². The second-order valence-corrected chi connectivity index (χ2v) is 8.95. The number of hydrogen-bond donors (Lipinski definition) is 0. The highest BCUT2D eigenvalue weighted by Crippen LogP contribution is 2.30. The Morgan fingerprint density at radius 3 is 2.33 bits per heavy atom. The normalized spacial score (nSPS) is 11.7. The van der Waals surface area contributed by atoms with E-state index in [4.69, 9.17) is 14.7 Å². The van der Waals surface area contributed by atoms with Crippen molar-refractivity contribution < 1.29 is 13.9 Å². The predicted molar refractivity (Wildman–Crippen MR) is 118 cm³/mol. The highest BCUT2D eigenvalue weighted by Gasteiger charge is 2.19. The zero-order valence-electron chi connectivity index (χ0n) is 18.4. The number of rotatable bonds is 5. The van der Waals surface area contributed by atoms with E-state index in [2.05, 4.69) is 13.8 Å². The fraction of sp³-hybridized carbons (Fsp3) is 0.375. The van der Waals surface area contributed by atoms with Crippen LogP contribution in [0.3, 0.4) is 0 Å². The molecule has 1 heterocycles. The molecule has 0 saturated heterocycles. The summed E-state index contributed by atoms with van der Waals surface area (Å²) in [4.78, 5) is 24.1. The van der Waals surface area contributed by atoms with Gasteiger partial charge in [-0.2, -0.15) is 0 Å². The lowest BCUT2D eigenvalue weighted by Gasteiger charge is -2.25. The molecule has 6 heteroatoms. The van der Waals surface area contributed by atoms with Crippen LogP contribution >= 0.6 is 0 Å². The molecule has 0 aliphatic carbocycles. The van der Waals surface area contributed by atoms with Crippen molar-refractivity contribution in [3.63, 3.8) is 0 Å². The number of hydrogen-bond acceptors (Lipinski definition) is 5. The summed E-state index contributed by atoms with van der Waals surface area (Å²) in [6.45, 7) is 10.5. The van der Waals surface area contributed by atoms with Crippen LogP contribution in [0.2, 0.25) is 0 Å². The van der Waals surface area contributed by atoms with E-state index in [1.807, 2.05) is 32.7 Å². The zero-order valence-corrected chi connectivity index (χ0v) is 18.4. The summed E-state index contributed by atoms with van der Waals surface area (Å²) in [5.41, 5.74) is 3.04. The van der Waals surface area contributed by atoms with Gasteiger partial charge in [-0.1, -0.05) is 20.8 Å². The average Bonchev–Trinajstić information content (AvgIpc) is 2.70. The Labute approximate surface area is 176 Å². The van der Waals surface area contributed by atoms with Crippen LogP contribution < -0.4 is 4.90 Å². The lowest BCUT2D eigenvalue weighted by Crippen LogP contribution is -2.27. The average molecular weight is 410 g/mol. The van der Waals surface area contributed by atoms with Gasteiger partial charge in [0.05, 0.1) is 23.2 Å². The number of carbonyl (C=O) groups is 1. The largest absolute Gasteiger partial charge is 0.462 e. The molecule has 0 aliphatic rings. The maximum absolute atomic E-state index is 13.4. The molecule has 3 aromatic rings. The van der Waals surface area contributed by atoms with E-state index in [0.29, 0.717) is 34.7 Å². The van der Waals surface area contributed by atoms with Crippen molar-refractivity contribution in [2.75, 3.05) is 18.6 Å². The van der Waals surface area contributed by atoms with E-state index >= 15 is 0 Å². The minimum Gasteiger partial charge on any atom is -0.462 e. The summed E-state index contributed by atoms with van der Waals surface area (Å²) < 4.78 is 18.8. The molecule has 3 rings (SSSR count). The number of aromatic nitrogens is 2. The zero-order chi connectivity index (χ0) is 22.1. The van der Waals surface area contributed by atoms with E-state index < -0.39 is 0 Å². The van der Waals surface area contributed by atoms with Crippen molar-refractivity contribution in [2.45, 2.75) is 40.7 Å². The van der Waals surface area contributed by atoms with E-state index in [0.717, 1.165) is 5.56 Å². The van der Waals surface area contributed by atoms with Crippen LogP contribution in [-0.4, -0.2) is 35.6 Å². The number of anilines is 1. The first-order valence-corrected chi connectivity index (χ1v) is 10.0. The minimum absolute atomic E-state index is 0.108. The second-order valence-electron chi connectivity index (χ2n) is 8.95. The van der Waals surface area contributed by atoms with Gasteiger partial charge in [-0.15, -0.1) is 0 Å². The van der Waals surface area contributed by atoms with Crippen LogP contribution in [0.4, 0.5) is 10.2 Å². The number of esters is 1. The summed E-state index contributed by atoms with van der Waals surface area (Å²) >= 11 is 0. The molecule has 2 aromatic carbocycles. The quantitative estimate of drug-likeness (QED) is 0.522. The van der Waals surface area contributed by atoms with Gasteiger partial charge in [-0.3, -0.25) is 0 Å². The Morgan fingerprint density at radius 2 is 1.73 bits per heavy atom. The molecule has 0 saturated carbocycles. The molecule has 0 atom stereocenters. The molecule has 0 aliphatic heterocycles. The molecular formula is C24H28FN3O2. The minimum atomic E-state index is -0.380. The van der Waals surface area contributed by atoms with Crippen LogP contribution in [0.25, 0.3) is 22.3 Å². The van der Waals surface area contributed by atoms with Crippen LogP contribution in [0.15, 0.2) is 42.5 Å². The Kier molecular flexibility index (Phi) is 6.06. The molecule has 0 spiro atoms. The van der Waals surface area contributed by atoms with Crippen LogP contribution in [0.5, 0.6) is 0 Å². The fourth-order valence-corrected chi connectivity index (χ4v) is 2.83. The van der Waals surface area contributed by atoms with Gasteiger partial charge in [0, 0.05) is 18.7 Å². The summed E-state index contributed by atoms with van der Waals surface area (Å²) in [5.74, 6) is -0.0102. The fourth-order valence-electron chi connectivity index (χ4n) is 2.83. The van der Waals surface area contributed by atoms with Crippen molar-refractivity contribution in [1.29, 1.82) is 0 Å². The molecule has 0 amide bonds. The first-order chi connectivity index (χ1) is 14.0. The third kappa shape index (κ3) is 4.93. The highest BCUT2D eigenvalue weighted by atomic mass is 19.1. The van der Waals surface area contributed by atoms with Gasteiger partial charge in [0.15, 0.2) is 5.82 Å². The Bertz CT molecular complexity index is 1060. The van der Waals surface area contributed by atoms with Crippen molar-refractivity contribution in [3.8, 4) is 11.3 Å². The van der Waals surface area contributed by atoms with Crippen molar-refractivity contribution in [3.05, 3.63) is 53.8 Å². The maximum Gasteiger partial charge on any atom is 0.338 e. The van der Waals surface area contributed by atoms with E-state index in [9.17, 15) is 9.18 Å². The summed E-state index contributed by atoms with van der Waals surface area (Å²) in [7, 11) is 1.94. The lowest BCUT2D eigenvalue weighted by molar-refractivity contribution is 0.0367. The highest BCUT2D eigenvalue weighted by molar-refractivity contribution is 5.94. The van der Waals surface area contributed by atoms with Crippen LogP contribution in [0.1, 0.15) is 45.0 Å². The maximum atomic E-state index is 13.4. The third-order valence-corrected chi connectivity index (χ3v) is 4.74. The van der Waals surface area contributed by atoms with Crippen LogP contribution in [0, 0.1) is 11.2 Å². The number of ether oxygens (including phenoxy) is 1. The summed E-state index contributed by atoms with van der Waals surface area (Å²) in [6, 6.07) is 11.6. The monoisotopic (exact) mass is 409 g/mol. The number of fused-ring (bicyclic) bond motifs is 1. The number of nitrogens with zero attached hydrogens (tertiary/aromatic N) is 3. The Hall–Kier alpha value is -3.02. The molecule has 0 N–H and O–H groups in total. The molecule has 30 heavy (non-hydrogen) atoms. The van der Waals surface area contributed by atoms with Crippen LogP contribution in [-0.2, 0) is 4.74 Å². The van der Waals surface area contributed by atoms with Gasteiger partial charge < -0.3 is 9.64 Å². The van der Waals surface area contributed by atoms with E-state index in [1.165, 1.54) is 12.1 Å². The first kappa shape index (κ1) is 21.7. The van der Waals surface area contributed by atoms with Crippen molar-refractivity contribution in [1.82, 2.24) is 9.97 Å². The molecule has 5 nitrogen and oxygen atoms in total. The van der Waals surface area contributed by atoms with Crippen molar-refractivity contribution >= 4 is 22.8 Å². The Morgan fingerprint density at radius 1 is 1.07 bits per heavy atom. The molecule has 0 radical (unpaired) electrons. The van der Waals surface area contributed by atoms with Gasteiger partial charge in [0.2, 0.25) is 0 Å². The van der Waals surface area contributed by atoms with Gasteiger partial charge in [-0.05, 0) is 61.7 Å². The lowest BCUT2D eigenvalue weighted by atomic mass is 9.99. The molecular weight excluding hydrogens is 381 g/mol. The topological polar surface area (TPSA) is 55.3 Å². The predicted octanol–water partition coefficient (Wildman–Crippen LogP) is 5.48. The summed E-state index contributed by atoms with van der Waals surface area (Å²) in [5, 5.41) is 0. The third-order valence-electron chi connectivity index (χ3n) is 4.74. The SMILES string of the molecule is CC(C)N(C)c1nc2cc(C(=O)OCC(C)(C)C)ccc2nc1-c1ccc(F)cc1. The number of halogens is 1. The number of benzene rings is 2. The van der Waals surface area contributed by atoms with Gasteiger partial charge in [-0.25, -0.2) is 19.2 Å². The molecule has 1 aromatic heterocycles. The van der Waals surface area contributed by atoms with E-state index in [1.54, 1.807) is 30.3 Å². The number of carbonyl (C=O) groups excluding carboxylic acids is 1. The van der Waals surface area contributed by atoms with Gasteiger partial charge in [0.25, 0.3) is 0 Å². The smallest absolute Gasteiger partial charge is 0.338 e. The Balaban J connectivity index is 2.07. The summed E-state index contributed by atoms with van der Waals surface area (Å²) in [6.07, 6.45) is 0. The van der Waals surface area contributed by atoms with Gasteiger partial charge >= 0.3 is 5.97 Å². The molecule has 158 valence electrons. The second kappa shape index (κ2) is 8.38. The van der Waals surface area contributed by atoms with E-state index in [-0.39, 0.29) is 23.2 Å². The molecule has 0 fully saturated rings.